The zero-order chi connectivity index (χ0) is 61.9. The Kier molecular flexibility index (Phi) is 36.0. The number of nitrogens with one attached hydrogen (secondary N) is 1. The van der Waals surface area contributed by atoms with Crippen molar-refractivity contribution >= 4 is 23.8 Å². The number of carbonyl (C=O) groups is 4. The number of carbonyl (C=O) groups excluding carboxylic acids is 4. The summed E-state index contributed by atoms with van der Waals surface area (Å²) in [5, 5.41) is 3.20. The van der Waals surface area contributed by atoms with Crippen molar-refractivity contribution in [1.82, 2.24) is 5.32 Å². The SMILES string of the molecule is CCCCCCCC/C=C\CCCCCCCCCCCCCC(=O)N[C@@H](CO[C@H]1O[C@@H]2COC(c3ccccc3)O[C@H]2[C@H](OC(=O)c2ccccc2)[C@H]1OC(=O)c1ccccc1)[C@@H](/C=C/CCCCCCCCCCCCC)OC(=O)c1ccccc1. The number of hydrogen-bond acceptors (Lipinski definition) is 11. The first-order valence-corrected chi connectivity index (χ1v) is 34.3. The maximum absolute atomic E-state index is 14.2. The van der Waals surface area contributed by atoms with E-state index in [0.717, 1.165) is 50.5 Å². The Morgan fingerprint density at radius 1 is 0.477 bits per heavy atom. The zero-order valence-corrected chi connectivity index (χ0v) is 53.5. The number of hydrogen-bond donors (Lipinski definition) is 1. The normalized spacial score (nSPS) is 19.0. The summed E-state index contributed by atoms with van der Waals surface area (Å²) in [5.41, 5.74) is 1.63. The second-order valence-corrected chi connectivity index (χ2v) is 24.1. The number of fused-ring (bicyclic) bond motifs is 1. The van der Waals surface area contributed by atoms with Crippen LogP contribution in [0.25, 0.3) is 0 Å². The first-order chi connectivity index (χ1) is 43.3. The van der Waals surface area contributed by atoms with Gasteiger partial charge in [-0.25, -0.2) is 14.4 Å². The fourth-order valence-corrected chi connectivity index (χ4v) is 11.5. The minimum absolute atomic E-state index is 0.0137. The van der Waals surface area contributed by atoms with Crippen molar-refractivity contribution < 1.29 is 52.3 Å². The molecule has 12 nitrogen and oxygen atoms in total. The van der Waals surface area contributed by atoms with E-state index in [0.29, 0.717) is 12.0 Å². The second-order valence-electron chi connectivity index (χ2n) is 24.1. The summed E-state index contributed by atoms with van der Waals surface area (Å²) in [7, 11) is 0. The summed E-state index contributed by atoms with van der Waals surface area (Å²) in [6.07, 6.45) is 38.6. The number of ether oxygens (including phenoxy) is 7. The monoisotopic (exact) mass is 1210 g/mol. The summed E-state index contributed by atoms with van der Waals surface area (Å²) in [5.74, 6) is -2.15. The molecule has 2 aliphatic rings. The van der Waals surface area contributed by atoms with Crippen LogP contribution in [0.1, 0.15) is 262 Å². The number of unbranched alkanes of at least 4 members (excludes halogenated alkanes) is 28. The second kappa shape index (κ2) is 44.5. The van der Waals surface area contributed by atoms with E-state index in [1.165, 1.54) is 148 Å². The Labute approximate surface area is 528 Å². The van der Waals surface area contributed by atoms with Gasteiger partial charge < -0.3 is 38.5 Å². The van der Waals surface area contributed by atoms with E-state index in [9.17, 15) is 19.2 Å². The maximum atomic E-state index is 14.2. The molecule has 1 unspecified atom stereocenters. The fraction of sp³-hybridized carbons (Fsp3) is 0.579. The van der Waals surface area contributed by atoms with E-state index in [1.54, 1.807) is 84.9 Å². The largest absolute Gasteiger partial charge is 0.452 e. The Balaban J connectivity index is 1.13. The van der Waals surface area contributed by atoms with Crippen LogP contribution >= 0.6 is 0 Å². The summed E-state index contributed by atoms with van der Waals surface area (Å²) < 4.78 is 45.5. The lowest BCUT2D eigenvalue weighted by atomic mass is 9.96. The Bertz CT molecular complexity index is 2520. The lowest BCUT2D eigenvalue weighted by Gasteiger charge is -2.48. The van der Waals surface area contributed by atoms with Crippen LogP contribution in [0.5, 0.6) is 0 Å². The van der Waals surface area contributed by atoms with E-state index < -0.39 is 67.0 Å². The lowest BCUT2D eigenvalue weighted by molar-refractivity contribution is -0.360. The third-order valence-corrected chi connectivity index (χ3v) is 16.8. The van der Waals surface area contributed by atoms with Crippen LogP contribution in [0.15, 0.2) is 146 Å². The molecule has 1 amide bonds. The molecule has 4 aromatic rings. The highest BCUT2D eigenvalue weighted by Crippen LogP contribution is 2.38. The summed E-state index contributed by atoms with van der Waals surface area (Å²) in [4.78, 5) is 56.6. The first kappa shape index (κ1) is 71.2. The van der Waals surface area contributed by atoms with Crippen molar-refractivity contribution in [3.05, 3.63) is 168 Å². The van der Waals surface area contributed by atoms with E-state index in [4.69, 9.17) is 33.2 Å². The van der Waals surface area contributed by atoms with Gasteiger partial charge >= 0.3 is 17.9 Å². The van der Waals surface area contributed by atoms with Crippen molar-refractivity contribution in [3.63, 3.8) is 0 Å². The van der Waals surface area contributed by atoms with E-state index in [-0.39, 0.29) is 36.7 Å². The Morgan fingerprint density at radius 2 is 0.886 bits per heavy atom. The average molecular weight is 1210 g/mol. The molecule has 482 valence electrons. The Morgan fingerprint density at radius 3 is 1.36 bits per heavy atom. The van der Waals surface area contributed by atoms with Crippen LogP contribution in [-0.4, -0.2) is 79.9 Å². The molecule has 12 heteroatoms. The number of rotatable bonds is 46. The van der Waals surface area contributed by atoms with Crippen molar-refractivity contribution in [2.24, 2.45) is 0 Å². The highest BCUT2D eigenvalue weighted by atomic mass is 16.8. The third-order valence-electron chi connectivity index (χ3n) is 16.8. The number of allylic oxidation sites excluding steroid dienone is 3. The standard InChI is InChI=1S/C76H107NO11/c1-3-5-7-9-11-13-15-17-18-19-20-21-22-23-24-26-28-30-32-34-48-58-68(78)77-65(66(84-72(79)61-49-39-35-40-50-61)57-47-33-31-29-27-25-16-14-12-10-8-6-4-2)59-82-76-71(87-74(81)63-53-43-37-44-54-63)70(86-73(80)62-51-41-36-42-52-62)69-67(85-76)60-83-75(88-69)64-55-45-38-46-56-64/h17-18,35-47,49-57,65-67,69-71,75-76H,3-16,19-34,48,58-60H2,1-2H3,(H,77,78)/b18-17-,57-47+/t65-,66+,67+,69+,70-,71+,75?,76-/m0/s1. The molecule has 8 atom stereocenters. The molecule has 1 N–H and O–H groups in total. The number of benzene rings is 4. The number of amides is 1. The zero-order valence-electron chi connectivity index (χ0n) is 53.5. The maximum Gasteiger partial charge on any atom is 0.338 e. The molecule has 0 bridgehead atoms. The lowest BCUT2D eigenvalue weighted by Crippen LogP contribution is -2.64. The minimum atomic E-state index is -1.40. The molecular formula is C76H107NO11. The van der Waals surface area contributed by atoms with Crippen LogP contribution in [-0.2, 0) is 38.0 Å². The Hall–Kier alpha value is -5.92. The molecule has 0 aromatic heterocycles. The molecule has 2 heterocycles. The van der Waals surface area contributed by atoms with Crippen LogP contribution in [0.3, 0.4) is 0 Å². The van der Waals surface area contributed by atoms with Crippen LogP contribution in [0.2, 0.25) is 0 Å². The third kappa shape index (κ3) is 27.9. The molecule has 6 rings (SSSR count). The summed E-state index contributed by atoms with van der Waals surface area (Å²) in [6.45, 7) is 4.28. The molecule has 0 aliphatic carbocycles. The molecule has 2 fully saturated rings. The van der Waals surface area contributed by atoms with Gasteiger partial charge in [0, 0.05) is 12.0 Å². The topological polar surface area (TPSA) is 145 Å². The summed E-state index contributed by atoms with van der Waals surface area (Å²) in [6, 6.07) is 34.3. The predicted molar refractivity (Wildman–Crippen MR) is 351 cm³/mol. The molecule has 0 spiro atoms. The smallest absolute Gasteiger partial charge is 0.338 e. The van der Waals surface area contributed by atoms with Crippen LogP contribution in [0.4, 0.5) is 0 Å². The highest BCUT2D eigenvalue weighted by Gasteiger charge is 2.55. The van der Waals surface area contributed by atoms with Gasteiger partial charge in [-0.15, -0.1) is 0 Å². The van der Waals surface area contributed by atoms with Crippen molar-refractivity contribution in [1.29, 1.82) is 0 Å². The molecule has 2 aliphatic heterocycles. The number of esters is 3. The van der Waals surface area contributed by atoms with Gasteiger partial charge in [-0.1, -0.05) is 271 Å². The van der Waals surface area contributed by atoms with Gasteiger partial charge in [0.1, 0.15) is 18.3 Å². The molecule has 0 radical (unpaired) electrons. The molecule has 4 aromatic carbocycles. The molecule has 2 saturated heterocycles. The average Bonchev–Trinajstić information content (AvgIpc) is 1.26. The van der Waals surface area contributed by atoms with E-state index in [2.05, 4.69) is 31.3 Å². The molecule has 88 heavy (non-hydrogen) atoms. The van der Waals surface area contributed by atoms with E-state index in [1.807, 2.05) is 48.6 Å². The van der Waals surface area contributed by atoms with E-state index >= 15 is 0 Å². The van der Waals surface area contributed by atoms with Gasteiger partial charge in [0.25, 0.3) is 0 Å². The van der Waals surface area contributed by atoms with Crippen molar-refractivity contribution in [2.75, 3.05) is 13.2 Å². The van der Waals surface area contributed by atoms with Gasteiger partial charge in [0.05, 0.1) is 35.9 Å². The fourth-order valence-electron chi connectivity index (χ4n) is 11.5. The quantitative estimate of drug-likeness (QED) is 0.0195. The van der Waals surface area contributed by atoms with Gasteiger partial charge in [-0.2, -0.15) is 0 Å². The highest BCUT2D eigenvalue weighted by molar-refractivity contribution is 5.91. The first-order valence-electron chi connectivity index (χ1n) is 34.3. The summed E-state index contributed by atoms with van der Waals surface area (Å²) >= 11 is 0. The molecular weight excluding hydrogens is 1100 g/mol. The predicted octanol–water partition coefficient (Wildman–Crippen LogP) is 18.6. The van der Waals surface area contributed by atoms with Gasteiger partial charge in [0.15, 0.2) is 24.8 Å². The van der Waals surface area contributed by atoms with Gasteiger partial charge in [-0.05, 0) is 87.4 Å². The van der Waals surface area contributed by atoms with Crippen molar-refractivity contribution in [2.45, 2.75) is 268 Å². The minimum Gasteiger partial charge on any atom is -0.452 e. The molecule has 0 saturated carbocycles. The van der Waals surface area contributed by atoms with Crippen LogP contribution in [0, 0.1) is 0 Å². The van der Waals surface area contributed by atoms with Crippen LogP contribution < -0.4 is 5.32 Å². The van der Waals surface area contributed by atoms with Gasteiger partial charge in [0.2, 0.25) is 5.91 Å². The van der Waals surface area contributed by atoms with Crippen molar-refractivity contribution in [3.8, 4) is 0 Å². The van der Waals surface area contributed by atoms with Gasteiger partial charge in [-0.3, -0.25) is 4.79 Å².